The van der Waals surface area contributed by atoms with E-state index in [2.05, 4.69) is 10.4 Å². The fourth-order valence-electron chi connectivity index (χ4n) is 4.24. The van der Waals surface area contributed by atoms with Gasteiger partial charge in [-0.3, -0.25) is 14.3 Å². The first kappa shape index (κ1) is 15.8. The van der Waals surface area contributed by atoms with E-state index >= 15 is 0 Å². The molecule has 2 atom stereocenters. The first-order valence-electron chi connectivity index (χ1n) is 8.38. The van der Waals surface area contributed by atoms with E-state index < -0.39 is 11.5 Å². The van der Waals surface area contributed by atoms with Gasteiger partial charge in [-0.05, 0) is 18.1 Å². The van der Waals surface area contributed by atoms with Crippen LogP contribution in [0.5, 0.6) is 0 Å². The quantitative estimate of drug-likeness (QED) is 0.871. The Morgan fingerprint density at radius 1 is 1.44 bits per heavy atom. The number of aryl methyl sites for hydroxylation is 1. The number of hydrogen-bond acceptors (Lipinski definition) is 4. The van der Waals surface area contributed by atoms with Gasteiger partial charge in [-0.25, -0.2) is 0 Å². The summed E-state index contributed by atoms with van der Waals surface area (Å²) in [6, 6.07) is 7.22. The van der Waals surface area contributed by atoms with Crippen molar-refractivity contribution >= 4 is 17.5 Å². The molecule has 1 spiro atoms. The van der Waals surface area contributed by atoms with Gasteiger partial charge in [0.2, 0.25) is 11.8 Å². The van der Waals surface area contributed by atoms with E-state index in [1.807, 2.05) is 37.5 Å². The zero-order valence-corrected chi connectivity index (χ0v) is 14.0. The Hall–Kier alpha value is -2.67. The van der Waals surface area contributed by atoms with Crippen molar-refractivity contribution in [1.29, 1.82) is 0 Å². The maximum atomic E-state index is 13.0. The molecule has 1 aromatic carbocycles. The van der Waals surface area contributed by atoms with Gasteiger partial charge in [-0.2, -0.15) is 5.10 Å². The number of benzene rings is 1. The van der Waals surface area contributed by atoms with Gasteiger partial charge >= 0.3 is 0 Å². The van der Waals surface area contributed by atoms with E-state index in [0.29, 0.717) is 13.0 Å². The Morgan fingerprint density at radius 3 is 2.96 bits per heavy atom. The molecule has 7 heteroatoms. The molecule has 130 valence electrons. The lowest BCUT2D eigenvalue weighted by Gasteiger charge is -2.33. The summed E-state index contributed by atoms with van der Waals surface area (Å²) in [5.74, 6) is -0.229. The first-order chi connectivity index (χ1) is 12.1. The van der Waals surface area contributed by atoms with Gasteiger partial charge in [0, 0.05) is 37.5 Å². The second kappa shape index (κ2) is 5.70. The highest BCUT2D eigenvalue weighted by atomic mass is 16.3. The maximum absolute atomic E-state index is 13.0. The average molecular weight is 340 g/mol. The van der Waals surface area contributed by atoms with Crippen molar-refractivity contribution in [3.63, 3.8) is 0 Å². The molecular formula is C18H20N4O3. The molecule has 2 N–H and O–H groups in total. The van der Waals surface area contributed by atoms with E-state index in [9.17, 15) is 14.7 Å². The van der Waals surface area contributed by atoms with Crippen molar-refractivity contribution in [3.8, 4) is 0 Å². The molecule has 3 heterocycles. The Bertz CT molecular complexity index is 846. The molecule has 0 radical (unpaired) electrons. The number of fused-ring (bicyclic) bond motifs is 2. The van der Waals surface area contributed by atoms with Gasteiger partial charge in [0.05, 0.1) is 18.8 Å². The lowest BCUT2D eigenvalue weighted by atomic mass is 9.73. The minimum absolute atomic E-state index is 0.0517. The summed E-state index contributed by atoms with van der Waals surface area (Å²) in [7, 11) is 1.81. The van der Waals surface area contributed by atoms with Gasteiger partial charge in [0.25, 0.3) is 0 Å². The number of aliphatic hydroxyl groups is 1. The van der Waals surface area contributed by atoms with Crippen molar-refractivity contribution in [2.24, 2.45) is 7.05 Å². The normalized spacial score (nSPS) is 24.6. The summed E-state index contributed by atoms with van der Waals surface area (Å²) >= 11 is 0. The van der Waals surface area contributed by atoms with Gasteiger partial charge in [0.15, 0.2) is 0 Å². The van der Waals surface area contributed by atoms with E-state index in [1.165, 1.54) is 0 Å². The van der Waals surface area contributed by atoms with Crippen LogP contribution in [0.1, 0.15) is 30.0 Å². The van der Waals surface area contributed by atoms with Crippen LogP contribution in [0, 0.1) is 0 Å². The van der Waals surface area contributed by atoms with Crippen molar-refractivity contribution < 1.29 is 14.7 Å². The minimum atomic E-state index is -0.815. The minimum Gasteiger partial charge on any atom is -0.396 e. The maximum Gasteiger partial charge on any atom is 0.237 e. The Labute approximate surface area is 145 Å². The van der Waals surface area contributed by atoms with E-state index in [0.717, 1.165) is 16.8 Å². The molecular weight excluding hydrogens is 320 g/mol. The number of likely N-dealkylation sites (tertiary alicyclic amines) is 1. The number of nitrogens with zero attached hydrogens (tertiary/aromatic N) is 3. The Kier molecular flexibility index (Phi) is 3.61. The number of para-hydroxylation sites is 1. The van der Waals surface area contributed by atoms with Crippen molar-refractivity contribution in [1.82, 2.24) is 14.7 Å². The third-order valence-electron chi connectivity index (χ3n) is 5.27. The van der Waals surface area contributed by atoms with Crippen LogP contribution < -0.4 is 5.32 Å². The first-order valence-corrected chi connectivity index (χ1v) is 8.38. The van der Waals surface area contributed by atoms with Crippen LogP contribution in [0.3, 0.4) is 0 Å². The Balaban J connectivity index is 1.87. The predicted octanol–water partition coefficient (Wildman–Crippen LogP) is 0.966. The monoisotopic (exact) mass is 340 g/mol. The van der Waals surface area contributed by atoms with Crippen LogP contribution in [0.25, 0.3) is 0 Å². The summed E-state index contributed by atoms with van der Waals surface area (Å²) in [6.45, 7) is 0.269. The number of nitrogens with one attached hydrogen (secondary N) is 1. The van der Waals surface area contributed by atoms with Crippen molar-refractivity contribution in [3.05, 3.63) is 47.8 Å². The molecule has 2 amide bonds. The zero-order chi connectivity index (χ0) is 17.6. The summed E-state index contributed by atoms with van der Waals surface area (Å²) in [5, 5.41) is 16.4. The van der Waals surface area contributed by atoms with Crippen LogP contribution in [-0.4, -0.2) is 44.8 Å². The fraction of sp³-hybridized carbons (Fsp3) is 0.389. The average Bonchev–Trinajstić information content (AvgIpc) is 3.26. The summed E-state index contributed by atoms with van der Waals surface area (Å²) in [6.07, 6.45) is 4.17. The lowest BCUT2D eigenvalue weighted by molar-refractivity contribution is -0.134. The fourth-order valence-corrected chi connectivity index (χ4v) is 4.24. The molecule has 7 nitrogen and oxygen atoms in total. The summed E-state index contributed by atoms with van der Waals surface area (Å²) in [4.78, 5) is 27.4. The number of rotatable bonds is 3. The van der Waals surface area contributed by atoms with Crippen LogP contribution in [0.4, 0.5) is 5.69 Å². The van der Waals surface area contributed by atoms with Gasteiger partial charge in [-0.15, -0.1) is 0 Å². The molecule has 4 rings (SSSR count). The zero-order valence-electron chi connectivity index (χ0n) is 14.0. The third-order valence-corrected chi connectivity index (χ3v) is 5.27. The molecule has 0 saturated carbocycles. The number of hydrogen-bond donors (Lipinski definition) is 2. The van der Waals surface area contributed by atoms with Crippen LogP contribution in [0.15, 0.2) is 36.7 Å². The molecule has 1 aromatic heterocycles. The molecule has 2 aliphatic rings. The summed E-state index contributed by atoms with van der Waals surface area (Å²) in [5.41, 5.74) is 1.74. The standard InChI is InChI=1S/C18H20N4O3/c1-21-11-12(10-19-21)16-18(7-8-22(16)15(24)6-9-23)13-4-2-3-5-14(13)20-17(18)25/h2-5,10-11,16,23H,6-9H2,1H3,(H,20,25)/t16-,18+/m0/s1. The predicted molar refractivity (Wildman–Crippen MR) is 90.7 cm³/mol. The second-order valence-electron chi connectivity index (χ2n) is 6.63. The van der Waals surface area contributed by atoms with E-state index in [1.54, 1.807) is 15.8 Å². The molecule has 2 aliphatic heterocycles. The topological polar surface area (TPSA) is 87.5 Å². The van der Waals surface area contributed by atoms with Crippen molar-refractivity contribution in [2.45, 2.75) is 24.3 Å². The van der Waals surface area contributed by atoms with Crippen LogP contribution >= 0.6 is 0 Å². The van der Waals surface area contributed by atoms with Crippen molar-refractivity contribution in [2.75, 3.05) is 18.5 Å². The van der Waals surface area contributed by atoms with Gasteiger partial charge < -0.3 is 15.3 Å². The highest BCUT2D eigenvalue weighted by Crippen LogP contribution is 2.54. The largest absolute Gasteiger partial charge is 0.396 e. The number of carbonyl (C=O) groups is 2. The SMILES string of the molecule is Cn1cc([C@@H]2N(C(=O)CCO)CC[C@]23C(=O)Nc2ccccc23)cn1. The molecule has 0 bridgehead atoms. The van der Waals surface area contributed by atoms with E-state index in [4.69, 9.17) is 0 Å². The molecule has 1 saturated heterocycles. The second-order valence-corrected chi connectivity index (χ2v) is 6.63. The van der Waals surface area contributed by atoms with Crippen LogP contribution in [-0.2, 0) is 22.1 Å². The molecule has 2 aromatic rings. The smallest absolute Gasteiger partial charge is 0.237 e. The van der Waals surface area contributed by atoms with Gasteiger partial charge in [-0.1, -0.05) is 18.2 Å². The third kappa shape index (κ3) is 2.19. The molecule has 25 heavy (non-hydrogen) atoms. The summed E-state index contributed by atoms with van der Waals surface area (Å²) < 4.78 is 1.68. The number of aromatic nitrogens is 2. The molecule has 0 unspecified atom stereocenters. The van der Waals surface area contributed by atoms with Gasteiger partial charge in [0.1, 0.15) is 5.41 Å². The Morgan fingerprint density at radius 2 is 2.24 bits per heavy atom. The molecule has 1 fully saturated rings. The highest BCUT2D eigenvalue weighted by molar-refractivity contribution is 6.07. The number of anilines is 1. The highest BCUT2D eigenvalue weighted by Gasteiger charge is 2.59. The van der Waals surface area contributed by atoms with Crippen LogP contribution in [0.2, 0.25) is 0 Å². The molecule has 0 aliphatic carbocycles. The number of aliphatic hydroxyl groups excluding tert-OH is 1. The lowest BCUT2D eigenvalue weighted by Crippen LogP contribution is -2.42. The number of amides is 2. The van der Waals surface area contributed by atoms with E-state index in [-0.39, 0.29) is 24.8 Å². The number of carbonyl (C=O) groups excluding carboxylic acids is 2.